The van der Waals surface area contributed by atoms with Crippen molar-refractivity contribution in [2.45, 2.75) is 19.0 Å². The van der Waals surface area contributed by atoms with Gasteiger partial charge in [0.2, 0.25) is 0 Å². The zero-order chi connectivity index (χ0) is 14.4. The Hall–Kier alpha value is -1.84. The van der Waals surface area contributed by atoms with E-state index in [4.69, 9.17) is 5.73 Å². The normalized spacial score (nSPS) is 12.6. The van der Waals surface area contributed by atoms with Gasteiger partial charge in [0.05, 0.1) is 0 Å². The molecule has 20 heavy (non-hydrogen) atoms. The number of likely N-dealkylation sites (N-methyl/N-ethyl adjacent to an activating group) is 1. The average Bonchev–Trinajstić information content (AvgIpc) is 2.47. The summed E-state index contributed by atoms with van der Waals surface area (Å²) < 4.78 is 0. The number of nitrogens with zero attached hydrogens (tertiary/aromatic N) is 1. The van der Waals surface area contributed by atoms with Crippen LogP contribution in [0.5, 0.6) is 5.75 Å². The van der Waals surface area contributed by atoms with E-state index in [0.717, 1.165) is 13.0 Å². The van der Waals surface area contributed by atoms with E-state index in [9.17, 15) is 5.11 Å². The molecule has 0 saturated carbocycles. The summed E-state index contributed by atoms with van der Waals surface area (Å²) in [6.45, 7) is 1.50. The van der Waals surface area contributed by atoms with Crippen LogP contribution in [0.3, 0.4) is 0 Å². The molecule has 0 saturated heterocycles. The van der Waals surface area contributed by atoms with Gasteiger partial charge in [-0.25, -0.2) is 0 Å². The van der Waals surface area contributed by atoms with Gasteiger partial charge in [0.1, 0.15) is 5.75 Å². The van der Waals surface area contributed by atoms with Gasteiger partial charge in [0, 0.05) is 19.1 Å². The molecule has 0 aliphatic carbocycles. The number of aromatic hydroxyl groups is 1. The summed E-state index contributed by atoms with van der Waals surface area (Å²) >= 11 is 0. The van der Waals surface area contributed by atoms with Gasteiger partial charge in [0.25, 0.3) is 0 Å². The van der Waals surface area contributed by atoms with Crippen LogP contribution in [-0.4, -0.2) is 29.6 Å². The molecule has 0 aromatic heterocycles. The zero-order valence-electron chi connectivity index (χ0n) is 11.9. The SMILES string of the molecule is CN(Cc1ccccc1)C(CN)Cc1ccc(O)cc1. The number of phenols is 1. The van der Waals surface area contributed by atoms with Crippen LogP contribution in [0.15, 0.2) is 54.6 Å². The lowest BCUT2D eigenvalue weighted by atomic mass is 10.0. The quantitative estimate of drug-likeness (QED) is 0.847. The van der Waals surface area contributed by atoms with Gasteiger partial charge in [-0.05, 0) is 36.7 Å². The first-order chi connectivity index (χ1) is 9.69. The topological polar surface area (TPSA) is 49.5 Å². The smallest absolute Gasteiger partial charge is 0.115 e. The lowest BCUT2D eigenvalue weighted by molar-refractivity contribution is 0.237. The summed E-state index contributed by atoms with van der Waals surface area (Å²) in [5.74, 6) is 0.302. The van der Waals surface area contributed by atoms with E-state index in [0.29, 0.717) is 18.3 Å². The fourth-order valence-corrected chi connectivity index (χ4v) is 2.32. The number of benzene rings is 2. The maximum absolute atomic E-state index is 9.32. The van der Waals surface area contributed by atoms with Crippen LogP contribution in [0.25, 0.3) is 0 Å². The molecule has 1 unspecified atom stereocenters. The van der Waals surface area contributed by atoms with Crippen LogP contribution in [0.1, 0.15) is 11.1 Å². The standard InChI is InChI=1S/C17H22N2O/c1-19(13-15-5-3-2-4-6-15)16(12-18)11-14-7-9-17(20)10-8-14/h2-10,16,20H,11-13,18H2,1H3. The molecule has 0 aliphatic heterocycles. The van der Waals surface area contributed by atoms with E-state index in [1.165, 1.54) is 11.1 Å². The highest BCUT2D eigenvalue weighted by molar-refractivity contribution is 5.26. The molecule has 0 fully saturated rings. The molecule has 2 rings (SSSR count). The lowest BCUT2D eigenvalue weighted by Gasteiger charge is -2.27. The summed E-state index contributed by atoms with van der Waals surface area (Å²) in [5.41, 5.74) is 8.40. The number of nitrogens with two attached hydrogens (primary N) is 1. The fourth-order valence-electron chi connectivity index (χ4n) is 2.32. The second kappa shape index (κ2) is 7.08. The first-order valence-electron chi connectivity index (χ1n) is 6.91. The molecule has 2 aromatic rings. The molecule has 2 aromatic carbocycles. The average molecular weight is 270 g/mol. The van der Waals surface area contributed by atoms with Crippen molar-refractivity contribution in [2.75, 3.05) is 13.6 Å². The van der Waals surface area contributed by atoms with E-state index in [1.807, 2.05) is 18.2 Å². The molecular weight excluding hydrogens is 248 g/mol. The van der Waals surface area contributed by atoms with E-state index < -0.39 is 0 Å². The van der Waals surface area contributed by atoms with Gasteiger partial charge >= 0.3 is 0 Å². The Morgan fingerprint density at radius 3 is 2.25 bits per heavy atom. The highest BCUT2D eigenvalue weighted by atomic mass is 16.3. The maximum Gasteiger partial charge on any atom is 0.115 e. The van der Waals surface area contributed by atoms with Crippen LogP contribution in [0, 0.1) is 0 Å². The van der Waals surface area contributed by atoms with Crippen LogP contribution in [0.4, 0.5) is 0 Å². The Kier molecular flexibility index (Phi) is 5.16. The second-order valence-corrected chi connectivity index (χ2v) is 5.16. The Morgan fingerprint density at radius 2 is 1.65 bits per heavy atom. The minimum absolute atomic E-state index is 0.291. The number of rotatable bonds is 6. The molecule has 0 spiro atoms. The molecule has 3 heteroatoms. The molecule has 0 bridgehead atoms. The first-order valence-corrected chi connectivity index (χ1v) is 6.91. The molecule has 0 heterocycles. The van der Waals surface area contributed by atoms with E-state index in [-0.39, 0.29) is 0 Å². The Morgan fingerprint density at radius 1 is 1.00 bits per heavy atom. The predicted molar refractivity (Wildman–Crippen MR) is 82.6 cm³/mol. The van der Waals surface area contributed by atoms with E-state index in [2.05, 4.69) is 36.2 Å². The van der Waals surface area contributed by atoms with Crippen molar-refractivity contribution < 1.29 is 5.11 Å². The number of phenolic OH excluding ortho intramolecular Hbond substituents is 1. The van der Waals surface area contributed by atoms with Crippen molar-refractivity contribution in [1.29, 1.82) is 0 Å². The third kappa shape index (κ3) is 4.08. The largest absolute Gasteiger partial charge is 0.508 e. The van der Waals surface area contributed by atoms with Crippen LogP contribution < -0.4 is 5.73 Å². The van der Waals surface area contributed by atoms with Gasteiger partial charge < -0.3 is 10.8 Å². The Balaban J connectivity index is 1.98. The summed E-state index contributed by atoms with van der Waals surface area (Å²) in [7, 11) is 2.10. The molecular formula is C17H22N2O. The summed E-state index contributed by atoms with van der Waals surface area (Å²) in [4.78, 5) is 2.28. The van der Waals surface area contributed by atoms with E-state index in [1.54, 1.807) is 12.1 Å². The van der Waals surface area contributed by atoms with Gasteiger partial charge in [0.15, 0.2) is 0 Å². The van der Waals surface area contributed by atoms with Crippen molar-refractivity contribution in [3.05, 3.63) is 65.7 Å². The molecule has 3 N–H and O–H groups in total. The van der Waals surface area contributed by atoms with E-state index >= 15 is 0 Å². The monoisotopic (exact) mass is 270 g/mol. The number of hydrogen-bond donors (Lipinski definition) is 2. The molecule has 0 radical (unpaired) electrons. The van der Waals surface area contributed by atoms with Gasteiger partial charge in [-0.3, -0.25) is 4.90 Å². The highest BCUT2D eigenvalue weighted by Crippen LogP contribution is 2.14. The van der Waals surface area contributed by atoms with Crippen molar-refractivity contribution in [3.63, 3.8) is 0 Å². The fraction of sp³-hybridized carbons (Fsp3) is 0.294. The predicted octanol–water partition coefficient (Wildman–Crippen LogP) is 2.39. The third-order valence-corrected chi connectivity index (χ3v) is 3.58. The molecule has 1 atom stereocenters. The maximum atomic E-state index is 9.32. The van der Waals surface area contributed by atoms with Gasteiger partial charge in [-0.15, -0.1) is 0 Å². The Bertz CT molecular complexity index is 510. The summed E-state index contributed by atoms with van der Waals surface area (Å²) in [6.07, 6.45) is 0.889. The molecule has 0 aliphatic rings. The van der Waals surface area contributed by atoms with Gasteiger partial charge in [-0.1, -0.05) is 42.5 Å². The van der Waals surface area contributed by atoms with Crippen molar-refractivity contribution in [1.82, 2.24) is 4.90 Å². The second-order valence-electron chi connectivity index (χ2n) is 5.16. The minimum Gasteiger partial charge on any atom is -0.508 e. The van der Waals surface area contributed by atoms with Crippen molar-refractivity contribution in [2.24, 2.45) is 5.73 Å². The summed E-state index contributed by atoms with van der Waals surface area (Å²) in [6, 6.07) is 18.0. The minimum atomic E-state index is 0.291. The lowest BCUT2D eigenvalue weighted by Crippen LogP contribution is -2.39. The van der Waals surface area contributed by atoms with Gasteiger partial charge in [-0.2, -0.15) is 0 Å². The molecule has 3 nitrogen and oxygen atoms in total. The third-order valence-electron chi connectivity index (χ3n) is 3.58. The van der Waals surface area contributed by atoms with Crippen LogP contribution in [-0.2, 0) is 13.0 Å². The van der Waals surface area contributed by atoms with Crippen LogP contribution >= 0.6 is 0 Å². The number of hydrogen-bond acceptors (Lipinski definition) is 3. The van der Waals surface area contributed by atoms with Crippen molar-refractivity contribution in [3.8, 4) is 5.75 Å². The highest BCUT2D eigenvalue weighted by Gasteiger charge is 2.14. The van der Waals surface area contributed by atoms with Crippen LogP contribution in [0.2, 0.25) is 0 Å². The summed E-state index contributed by atoms with van der Waals surface area (Å²) in [5, 5.41) is 9.32. The molecule has 0 amide bonds. The zero-order valence-corrected chi connectivity index (χ0v) is 11.9. The van der Waals surface area contributed by atoms with Crippen molar-refractivity contribution >= 4 is 0 Å². The Labute approximate surface area is 120 Å². The first kappa shape index (κ1) is 14.6. The molecule has 106 valence electrons.